The number of ether oxygens (including phenoxy) is 1. The van der Waals surface area contributed by atoms with Crippen molar-refractivity contribution in [2.24, 2.45) is 5.73 Å². The van der Waals surface area contributed by atoms with E-state index < -0.39 is 11.0 Å². The zero-order chi connectivity index (χ0) is 24.1. The summed E-state index contributed by atoms with van der Waals surface area (Å²) in [5, 5.41) is 4.14. The second-order valence-corrected chi connectivity index (χ2v) is 9.95. The van der Waals surface area contributed by atoms with Gasteiger partial charge < -0.3 is 15.8 Å². The number of nitrogens with zero attached hydrogens (tertiary/aromatic N) is 3. The lowest BCUT2D eigenvalue weighted by atomic mass is 10.2. The Balaban J connectivity index is 1.53. The Labute approximate surface area is 205 Å². The van der Waals surface area contributed by atoms with Crippen molar-refractivity contribution in [2.45, 2.75) is 43.5 Å². The van der Waals surface area contributed by atoms with Crippen molar-refractivity contribution in [2.75, 3.05) is 31.6 Å². The summed E-state index contributed by atoms with van der Waals surface area (Å²) in [6.07, 6.45) is 5.73. The van der Waals surface area contributed by atoms with E-state index in [0.29, 0.717) is 42.8 Å². The topological polar surface area (TPSA) is 124 Å². The van der Waals surface area contributed by atoms with Crippen LogP contribution in [0.2, 0.25) is 5.02 Å². The maximum absolute atomic E-state index is 12.8. The van der Waals surface area contributed by atoms with Gasteiger partial charge in [0.2, 0.25) is 5.95 Å². The van der Waals surface area contributed by atoms with E-state index in [2.05, 4.69) is 20.0 Å². The Kier molecular flexibility index (Phi) is 8.28. The molecule has 1 atom stereocenters. The number of aryl methyl sites for hydroxylation is 1. The predicted molar refractivity (Wildman–Crippen MR) is 135 cm³/mol. The molecular formula is C23H29ClN6O3S. The van der Waals surface area contributed by atoms with Gasteiger partial charge in [-0.1, -0.05) is 24.4 Å². The number of halogens is 1. The quantitative estimate of drug-likeness (QED) is 0.362. The molecule has 11 heteroatoms. The highest BCUT2D eigenvalue weighted by Gasteiger charge is 2.22. The van der Waals surface area contributed by atoms with Gasteiger partial charge in [-0.15, -0.1) is 0 Å². The lowest BCUT2D eigenvalue weighted by Gasteiger charge is -2.17. The van der Waals surface area contributed by atoms with Gasteiger partial charge in [-0.2, -0.15) is 4.98 Å². The molecule has 1 aliphatic carbocycles. The van der Waals surface area contributed by atoms with Crippen molar-refractivity contribution in [3.05, 3.63) is 51.4 Å². The first kappa shape index (κ1) is 24.7. The first-order valence-corrected chi connectivity index (χ1v) is 12.9. The van der Waals surface area contributed by atoms with E-state index in [1.54, 1.807) is 22.9 Å². The highest BCUT2D eigenvalue weighted by Crippen LogP contribution is 2.31. The van der Waals surface area contributed by atoms with Gasteiger partial charge in [0.05, 0.1) is 18.1 Å². The third-order valence-corrected chi connectivity index (χ3v) is 7.24. The fourth-order valence-corrected chi connectivity index (χ4v) is 5.25. The molecule has 2 aromatic heterocycles. The summed E-state index contributed by atoms with van der Waals surface area (Å²) in [5.41, 5.74) is 7.42. The Morgan fingerprint density at radius 2 is 2.06 bits per heavy atom. The van der Waals surface area contributed by atoms with Crippen molar-refractivity contribution in [1.29, 1.82) is 0 Å². The maximum atomic E-state index is 12.8. The first-order chi connectivity index (χ1) is 16.5. The molecule has 0 aliphatic heterocycles. The van der Waals surface area contributed by atoms with Crippen molar-refractivity contribution >= 4 is 45.3 Å². The minimum Gasteiger partial charge on any atom is -0.379 e. The van der Waals surface area contributed by atoms with Crippen LogP contribution in [0.1, 0.15) is 37.3 Å². The molecule has 1 aliphatic rings. The van der Waals surface area contributed by atoms with Crippen LogP contribution in [-0.4, -0.2) is 45.0 Å². The summed E-state index contributed by atoms with van der Waals surface area (Å²) in [5.74, 6) is 0.383. The van der Waals surface area contributed by atoms with Crippen LogP contribution in [-0.2, 0) is 15.7 Å². The standard InChI is InChI=1S/C23H29ClN6O3S/c1-15-12-18(34(32)27-9-11-33-10-8-25)6-7-20(15)28-23-26-14-16-13-19(24)22(31)30(21(16)29-23)17-4-2-3-5-17/h6-7,12-14,17,27H,2-5,8-11,25H2,1H3,(H,26,28,29). The molecule has 1 fully saturated rings. The molecule has 182 valence electrons. The second kappa shape index (κ2) is 11.4. The summed E-state index contributed by atoms with van der Waals surface area (Å²) in [7, 11) is -1.35. The van der Waals surface area contributed by atoms with Crippen molar-refractivity contribution in [3.63, 3.8) is 0 Å². The third kappa shape index (κ3) is 5.64. The van der Waals surface area contributed by atoms with Crippen LogP contribution in [0.5, 0.6) is 0 Å². The van der Waals surface area contributed by atoms with Gasteiger partial charge in [-0.25, -0.2) is 13.9 Å². The summed E-state index contributed by atoms with van der Waals surface area (Å²) in [4.78, 5) is 22.6. The van der Waals surface area contributed by atoms with Crippen LogP contribution in [0.15, 0.2) is 40.2 Å². The molecule has 4 N–H and O–H groups in total. The molecule has 0 saturated heterocycles. The summed E-state index contributed by atoms with van der Waals surface area (Å²) < 4.78 is 22.4. The van der Waals surface area contributed by atoms with E-state index in [4.69, 9.17) is 22.1 Å². The van der Waals surface area contributed by atoms with E-state index >= 15 is 0 Å². The molecule has 4 rings (SSSR count). The Bertz CT molecular complexity index is 1250. The Hall–Kier alpha value is -2.37. The number of aromatic nitrogens is 3. The van der Waals surface area contributed by atoms with Gasteiger partial charge in [0.1, 0.15) is 21.7 Å². The Morgan fingerprint density at radius 3 is 2.79 bits per heavy atom. The average molecular weight is 505 g/mol. The lowest BCUT2D eigenvalue weighted by Crippen LogP contribution is -2.25. The largest absolute Gasteiger partial charge is 0.379 e. The summed E-state index contributed by atoms with van der Waals surface area (Å²) in [6.45, 7) is 3.77. The normalized spacial score (nSPS) is 15.1. The highest BCUT2D eigenvalue weighted by molar-refractivity contribution is 7.83. The number of nitrogens with one attached hydrogen (secondary N) is 2. The molecule has 0 bridgehead atoms. The molecule has 0 spiro atoms. The van der Waals surface area contributed by atoms with E-state index in [0.717, 1.165) is 42.3 Å². The van der Waals surface area contributed by atoms with Gasteiger partial charge in [0.25, 0.3) is 5.56 Å². The number of anilines is 2. The van der Waals surface area contributed by atoms with Crippen LogP contribution >= 0.6 is 11.6 Å². The predicted octanol–water partition coefficient (Wildman–Crippen LogP) is 3.20. The van der Waals surface area contributed by atoms with Crippen LogP contribution in [0.25, 0.3) is 11.0 Å². The smallest absolute Gasteiger partial charge is 0.271 e. The van der Waals surface area contributed by atoms with E-state index in [1.807, 2.05) is 19.1 Å². The molecule has 3 aromatic rings. The zero-order valence-electron chi connectivity index (χ0n) is 19.1. The number of benzene rings is 1. The van der Waals surface area contributed by atoms with E-state index in [1.165, 1.54) is 0 Å². The summed E-state index contributed by atoms with van der Waals surface area (Å²) >= 11 is 6.21. The van der Waals surface area contributed by atoms with Crippen LogP contribution in [0.4, 0.5) is 11.6 Å². The molecule has 0 amide bonds. The van der Waals surface area contributed by atoms with Crippen molar-refractivity contribution in [1.82, 2.24) is 19.3 Å². The van der Waals surface area contributed by atoms with Crippen LogP contribution < -0.4 is 21.3 Å². The molecule has 0 radical (unpaired) electrons. The number of hydrogen-bond acceptors (Lipinski definition) is 7. The molecular weight excluding hydrogens is 476 g/mol. The fourth-order valence-electron chi connectivity index (χ4n) is 4.14. The second-order valence-electron chi connectivity index (χ2n) is 8.24. The van der Waals surface area contributed by atoms with Crippen molar-refractivity contribution < 1.29 is 8.95 Å². The van der Waals surface area contributed by atoms with Gasteiger partial charge in [0, 0.05) is 36.4 Å². The zero-order valence-corrected chi connectivity index (χ0v) is 20.6. The highest BCUT2D eigenvalue weighted by atomic mass is 35.5. The van der Waals surface area contributed by atoms with E-state index in [9.17, 15) is 9.00 Å². The number of pyridine rings is 1. The third-order valence-electron chi connectivity index (χ3n) is 5.82. The molecule has 1 saturated carbocycles. The maximum Gasteiger partial charge on any atom is 0.271 e. The lowest BCUT2D eigenvalue weighted by molar-refractivity contribution is 0.147. The van der Waals surface area contributed by atoms with Crippen molar-refractivity contribution in [3.8, 4) is 0 Å². The van der Waals surface area contributed by atoms with Gasteiger partial charge in [-0.05, 0) is 49.6 Å². The van der Waals surface area contributed by atoms with Crippen LogP contribution in [0.3, 0.4) is 0 Å². The minimum atomic E-state index is -1.35. The number of nitrogens with two attached hydrogens (primary N) is 1. The number of rotatable bonds is 10. The molecule has 1 unspecified atom stereocenters. The Morgan fingerprint density at radius 1 is 1.26 bits per heavy atom. The van der Waals surface area contributed by atoms with Gasteiger partial charge >= 0.3 is 0 Å². The minimum absolute atomic E-state index is 0.0978. The SMILES string of the molecule is Cc1cc(S(=O)NCCOCCN)ccc1Nc1ncc2cc(Cl)c(=O)n(C3CCCC3)c2n1. The average Bonchev–Trinajstić information content (AvgIpc) is 3.35. The van der Waals surface area contributed by atoms with Crippen LogP contribution in [0, 0.1) is 6.92 Å². The monoisotopic (exact) mass is 504 g/mol. The van der Waals surface area contributed by atoms with Gasteiger partial charge in [-0.3, -0.25) is 9.36 Å². The molecule has 34 heavy (non-hydrogen) atoms. The molecule has 2 heterocycles. The number of hydrogen-bond donors (Lipinski definition) is 3. The molecule has 1 aromatic carbocycles. The van der Waals surface area contributed by atoms with Gasteiger partial charge in [0.15, 0.2) is 0 Å². The fraction of sp³-hybridized carbons (Fsp3) is 0.435. The first-order valence-electron chi connectivity index (χ1n) is 11.4. The number of fused-ring (bicyclic) bond motifs is 1. The molecule has 9 nitrogen and oxygen atoms in total. The van der Waals surface area contributed by atoms with E-state index in [-0.39, 0.29) is 16.6 Å². The summed E-state index contributed by atoms with van der Waals surface area (Å²) in [6, 6.07) is 7.20.